The first-order valence-corrected chi connectivity index (χ1v) is 7.28. The van der Waals surface area contributed by atoms with Gasteiger partial charge in [0.1, 0.15) is 5.82 Å². The van der Waals surface area contributed by atoms with Crippen LogP contribution in [-0.2, 0) is 11.3 Å². The molecule has 19 heavy (non-hydrogen) atoms. The third-order valence-corrected chi connectivity index (χ3v) is 3.66. The van der Waals surface area contributed by atoms with Crippen LogP contribution in [0.1, 0.15) is 32.8 Å². The fourth-order valence-corrected chi connectivity index (χ4v) is 2.59. The molecule has 0 amide bonds. The Morgan fingerprint density at radius 3 is 3.05 bits per heavy atom. The highest BCUT2D eigenvalue weighted by Gasteiger charge is 2.26. The summed E-state index contributed by atoms with van der Waals surface area (Å²) in [6.07, 6.45) is 3.30. The minimum absolute atomic E-state index is 0.321. The van der Waals surface area contributed by atoms with E-state index in [1.165, 1.54) is 5.56 Å². The smallest absolute Gasteiger partial charge is 0.130 e. The summed E-state index contributed by atoms with van der Waals surface area (Å²) in [5.74, 6) is 1.01. The average Bonchev–Trinajstić information content (AvgIpc) is 2.42. The van der Waals surface area contributed by atoms with Gasteiger partial charge in [-0.2, -0.15) is 0 Å². The van der Waals surface area contributed by atoms with Crippen molar-refractivity contribution in [2.75, 3.05) is 25.0 Å². The van der Waals surface area contributed by atoms with Crippen molar-refractivity contribution in [1.82, 2.24) is 9.88 Å². The van der Waals surface area contributed by atoms with E-state index in [9.17, 15) is 0 Å². The molecule has 106 valence electrons. The summed E-state index contributed by atoms with van der Waals surface area (Å²) in [5.41, 5.74) is 1.27. The standard InChI is InChI=1S/C15H25N3O/c1-4-14-11-19-12(3)9-18(14)10-13-7-6-8-17-15(13)16-5-2/h6-8,12,14H,4-5,9-11H2,1-3H3,(H,16,17). The molecule has 1 fully saturated rings. The Morgan fingerprint density at radius 2 is 2.32 bits per heavy atom. The van der Waals surface area contributed by atoms with Crippen LogP contribution in [0.2, 0.25) is 0 Å². The van der Waals surface area contributed by atoms with Crippen LogP contribution in [0.3, 0.4) is 0 Å². The van der Waals surface area contributed by atoms with Gasteiger partial charge in [-0.3, -0.25) is 4.90 Å². The molecule has 2 heterocycles. The minimum Gasteiger partial charge on any atom is -0.376 e. The van der Waals surface area contributed by atoms with Gasteiger partial charge in [0.05, 0.1) is 12.7 Å². The van der Waals surface area contributed by atoms with Crippen molar-refractivity contribution in [3.8, 4) is 0 Å². The van der Waals surface area contributed by atoms with Gasteiger partial charge < -0.3 is 10.1 Å². The molecule has 2 atom stereocenters. The van der Waals surface area contributed by atoms with Crippen molar-refractivity contribution < 1.29 is 4.74 Å². The van der Waals surface area contributed by atoms with Gasteiger partial charge in [-0.15, -0.1) is 0 Å². The van der Waals surface area contributed by atoms with Crippen LogP contribution >= 0.6 is 0 Å². The molecule has 0 saturated carbocycles. The zero-order valence-electron chi connectivity index (χ0n) is 12.2. The summed E-state index contributed by atoms with van der Waals surface area (Å²) < 4.78 is 5.75. The first kappa shape index (κ1) is 14.3. The second-order valence-corrected chi connectivity index (χ2v) is 5.18. The fraction of sp³-hybridized carbons (Fsp3) is 0.667. The average molecular weight is 263 g/mol. The number of rotatable bonds is 5. The molecule has 1 aliphatic rings. The lowest BCUT2D eigenvalue weighted by atomic mass is 10.1. The first-order valence-electron chi connectivity index (χ1n) is 7.28. The lowest BCUT2D eigenvalue weighted by Crippen LogP contribution is -2.47. The Kier molecular flexibility index (Phi) is 5.16. The van der Waals surface area contributed by atoms with Crippen LogP contribution in [0.4, 0.5) is 5.82 Å². The van der Waals surface area contributed by atoms with Gasteiger partial charge in [0, 0.05) is 37.4 Å². The number of morpholine rings is 1. The van der Waals surface area contributed by atoms with Crippen LogP contribution in [-0.4, -0.2) is 41.7 Å². The molecule has 1 aromatic rings. The predicted molar refractivity (Wildman–Crippen MR) is 78.3 cm³/mol. The summed E-state index contributed by atoms with van der Waals surface area (Å²) in [5, 5.41) is 3.34. The molecule has 1 N–H and O–H groups in total. The van der Waals surface area contributed by atoms with Crippen LogP contribution in [0.15, 0.2) is 18.3 Å². The molecule has 0 aliphatic carbocycles. The second kappa shape index (κ2) is 6.87. The van der Waals surface area contributed by atoms with E-state index in [0.717, 1.165) is 38.5 Å². The monoisotopic (exact) mass is 263 g/mol. The maximum Gasteiger partial charge on any atom is 0.130 e. The Balaban J connectivity index is 2.10. The third-order valence-electron chi connectivity index (χ3n) is 3.66. The van der Waals surface area contributed by atoms with E-state index in [4.69, 9.17) is 4.74 Å². The Morgan fingerprint density at radius 1 is 1.47 bits per heavy atom. The topological polar surface area (TPSA) is 37.4 Å². The van der Waals surface area contributed by atoms with E-state index >= 15 is 0 Å². The van der Waals surface area contributed by atoms with Gasteiger partial charge in [0.15, 0.2) is 0 Å². The molecule has 2 rings (SSSR count). The molecule has 0 bridgehead atoms. The van der Waals surface area contributed by atoms with E-state index in [0.29, 0.717) is 12.1 Å². The largest absolute Gasteiger partial charge is 0.376 e. The van der Waals surface area contributed by atoms with Gasteiger partial charge in [-0.25, -0.2) is 4.98 Å². The number of pyridine rings is 1. The van der Waals surface area contributed by atoms with Crippen molar-refractivity contribution >= 4 is 5.82 Å². The zero-order valence-corrected chi connectivity index (χ0v) is 12.2. The molecule has 0 aromatic carbocycles. The quantitative estimate of drug-likeness (QED) is 0.885. The van der Waals surface area contributed by atoms with E-state index in [-0.39, 0.29) is 0 Å². The molecule has 0 spiro atoms. The van der Waals surface area contributed by atoms with Crippen molar-refractivity contribution in [1.29, 1.82) is 0 Å². The summed E-state index contributed by atoms with van der Waals surface area (Å²) in [7, 11) is 0. The maximum atomic E-state index is 5.75. The summed E-state index contributed by atoms with van der Waals surface area (Å²) in [6, 6.07) is 4.70. The number of hydrogen-bond donors (Lipinski definition) is 1. The molecule has 0 radical (unpaired) electrons. The Labute approximate surface area is 116 Å². The molecule has 1 aliphatic heterocycles. The molecule has 1 aromatic heterocycles. The summed E-state index contributed by atoms with van der Waals surface area (Å²) in [6.45, 7) is 10.2. The number of hydrogen-bond acceptors (Lipinski definition) is 4. The van der Waals surface area contributed by atoms with Crippen LogP contribution in [0.25, 0.3) is 0 Å². The van der Waals surface area contributed by atoms with Crippen molar-refractivity contribution in [3.63, 3.8) is 0 Å². The minimum atomic E-state index is 0.321. The van der Waals surface area contributed by atoms with Crippen LogP contribution in [0.5, 0.6) is 0 Å². The normalized spacial score (nSPS) is 24.4. The zero-order chi connectivity index (χ0) is 13.7. The fourth-order valence-electron chi connectivity index (χ4n) is 2.59. The molecule has 4 heteroatoms. The lowest BCUT2D eigenvalue weighted by Gasteiger charge is -2.38. The molecule has 1 saturated heterocycles. The van der Waals surface area contributed by atoms with Gasteiger partial charge in [0.25, 0.3) is 0 Å². The van der Waals surface area contributed by atoms with E-state index < -0.39 is 0 Å². The first-order chi connectivity index (χ1) is 9.24. The van der Waals surface area contributed by atoms with Gasteiger partial charge >= 0.3 is 0 Å². The Bertz CT molecular complexity index is 397. The van der Waals surface area contributed by atoms with Crippen LogP contribution in [0, 0.1) is 0 Å². The molecular weight excluding hydrogens is 238 g/mol. The number of nitrogens with one attached hydrogen (secondary N) is 1. The number of nitrogens with zero attached hydrogens (tertiary/aromatic N) is 2. The number of aromatic nitrogens is 1. The molecule has 4 nitrogen and oxygen atoms in total. The second-order valence-electron chi connectivity index (χ2n) is 5.18. The predicted octanol–water partition coefficient (Wildman–Crippen LogP) is 2.51. The maximum absolute atomic E-state index is 5.75. The highest BCUT2D eigenvalue weighted by molar-refractivity contribution is 5.43. The lowest BCUT2D eigenvalue weighted by molar-refractivity contribution is -0.0591. The summed E-state index contributed by atoms with van der Waals surface area (Å²) >= 11 is 0. The highest BCUT2D eigenvalue weighted by atomic mass is 16.5. The van der Waals surface area contributed by atoms with Gasteiger partial charge in [0.2, 0.25) is 0 Å². The van der Waals surface area contributed by atoms with E-state index in [1.54, 1.807) is 0 Å². The van der Waals surface area contributed by atoms with Crippen molar-refractivity contribution in [2.45, 2.75) is 45.9 Å². The number of anilines is 1. The Hall–Kier alpha value is -1.13. The third kappa shape index (κ3) is 3.67. The van der Waals surface area contributed by atoms with Crippen LogP contribution < -0.4 is 5.32 Å². The van der Waals surface area contributed by atoms with Gasteiger partial charge in [-0.05, 0) is 26.3 Å². The van der Waals surface area contributed by atoms with Crippen molar-refractivity contribution in [2.24, 2.45) is 0 Å². The molecular formula is C15H25N3O. The molecule has 2 unspecified atom stereocenters. The SMILES string of the molecule is CCNc1ncccc1CN1CC(C)OCC1CC. The van der Waals surface area contributed by atoms with E-state index in [1.807, 2.05) is 12.3 Å². The number of ether oxygens (including phenoxy) is 1. The summed E-state index contributed by atoms with van der Waals surface area (Å²) in [4.78, 5) is 6.95. The van der Waals surface area contributed by atoms with E-state index in [2.05, 4.69) is 42.0 Å². The van der Waals surface area contributed by atoms with Gasteiger partial charge in [-0.1, -0.05) is 13.0 Å². The van der Waals surface area contributed by atoms with Crippen molar-refractivity contribution in [3.05, 3.63) is 23.9 Å². The highest BCUT2D eigenvalue weighted by Crippen LogP contribution is 2.20.